The monoisotopic (exact) mass is 245 g/mol. The summed E-state index contributed by atoms with van der Waals surface area (Å²) in [6, 6.07) is 0. The molecule has 3 nitrogen and oxygen atoms in total. The van der Waals surface area contributed by atoms with Crippen molar-refractivity contribution in [1.29, 1.82) is 0 Å². The Morgan fingerprint density at radius 2 is 1.94 bits per heavy atom. The topological polar surface area (TPSA) is 21.7 Å². The van der Waals surface area contributed by atoms with Gasteiger partial charge in [0.25, 0.3) is 0 Å². The minimum absolute atomic E-state index is 0.179. The molecule has 0 aromatic rings. The average molecular weight is 245 g/mol. The van der Waals surface area contributed by atoms with Crippen molar-refractivity contribution in [2.75, 3.05) is 39.5 Å². The third-order valence-corrected chi connectivity index (χ3v) is 3.67. The van der Waals surface area contributed by atoms with Crippen LogP contribution in [0.3, 0.4) is 0 Å². The Hall–Kier alpha value is -0.190. The van der Waals surface area contributed by atoms with Crippen molar-refractivity contribution in [3.63, 3.8) is 0 Å². The summed E-state index contributed by atoms with van der Waals surface area (Å²) in [4.78, 5) is 2.44. The number of nitrogens with zero attached hydrogens (tertiary/aromatic N) is 1. The van der Waals surface area contributed by atoms with E-state index in [4.69, 9.17) is 9.47 Å². The molecular formula is C13H24FNO2. The molecule has 0 saturated carbocycles. The molecule has 0 aromatic heterocycles. The summed E-state index contributed by atoms with van der Waals surface area (Å²) in [5, 5.41) is 0. The molecule has 0 aromatic carbocycles. The molecule has 2 atom stereocenters. The fourth-order valence-corrected chi connectivity index (χ4v) is 2.66. The molecule has 0 aliphatic carbocycles. The molecule has 0 spiro atoms. The average Bonchev–Trinajstić information content (AvgIpc) is 2.89. The molecule has 4 heteroatoms. The highest BCUT2D eigenvalue weighted by Crippen LogP contribution is 2.21. The minimum atomic E-state index is -0.179. The van der Waals surface area contributed by atoms with Gasteiger partial charge < -0.3 is 9.47 Å². The smallest absolute Gasteiger partial charge is 0.0963 e. The number of halogens is 1. The fourth-order valence-electron chi connectivity index (χ4n) is 2.66. The Kier molecular flexibility index (Phi) is 5.68. The summed E-state index contributed by atoms with van der Waals surface area (Å²) in [6.45, 7) is 4.60. The summed E-state index contributed by atoms with van der Waals surface area (Å²) in [6.07, 6.45) is 5.68. The number of hydrogen-bond donors (Lipinski definition) is 0. The van der Waals surface area contributed by atoms with E-state index in [0.29, 0.717) is 12.5 Å². The van der Waals surface area contributed by atoms with E-state index in [1.807, 2.05) is 0 Å². The summed E-state index contributed by atoms with van der Waals surface area (Å²) in [5.41, 5.74) is 0. The summed E-state index contributed by atoms with van der Waals surface area (Å²) >= 11 is 0. The summed E-state index contributed by atoms with van der Waals surface area (Å²) in [7, 11) is 0. The lowest BCUT2D eigenvalue weighted by atomic mass is 10.1. The van der Waals surface area contributed by atoms with Gasteiger partial charge in [0.05, 0.1) is 25.5 Å². The number of hydrogen-bond acceptors (Lipinski definition) is 3. The van der Waals surface area contributed by atoms with E-state index in [-0.39, 0.29) is 12.8 Å². The van der Waals surface area contributed by atoms with Crippen LogP contribution < -0.4 is 0 Å². The lowest BCUT2D eigenvalue weighted by Gasteiger charge is -2.35. The number of unbranched alkanes of at least 4 members (excludes halogenated alkanes) is 2. The van der Waals surface area contributed by atoms with Gasteiger partial charge in [-0.2, -0.15) is 0 Å². The first-order valence-corrected chi connectivity index (χ1v) is 6.91. The highest BCUT2D eigenvalue weighted by atomic mass is 19.1. The maximum atomic E-state index is 12.0. The molecule has 0 radical (unpaired) electrons. The Labute approximate surface area is 103 Å². The molecular weight excluding hydrogens is 221 g/mol. The molecule has 2 fully saturated rings. The zero-order chi connectivity index (χ0) is 11.9. The second kappa shape index (κ2) is 7.29. The van der Waals surface area contributed by atoms with E-state index in [1.165, 1.54) is 6.42 Å². The first kappa shape index (κ1) is 13.2. The maximum Gasteiger partial charge on any atom is 0.0963 e. The minimum Gasteiger partial charge on any atom is -0.375 e. The van der Waals surface area contributed by atoms with Gasteiger partial charge in [0.1, 0.15) is 0 Å². The SMILES string of the molecule is FCCCCCN1CCOC(C2CCCO2)C1. The van der Waals surface area contributed by atoms with Crippen LogP contribution in [0.1, 0.15) is 32.1 Å². The molecule has 100 valence electrons. The van der Waals surface area contributed by atoms with E-state index in [9.17, 15) is 4.39 Å². The van der Waals surface area contributed by atoms with E-state index in [0.717, 1.165) is 52.1 Å². The first-order chi connectivity index (χ1) is 8.40. The van der Waals surface area contributed by atoms with Crippen molar-refractivity contribution in [3.8, 4) is 0 Å². The number of ether oxygens (including phenoxy) is 2. The van der Waals surface area contributed by atoms with Crippen molar-refractivity contribution in [2.45, 2.75) is 44.3 Å². The summed E-state index contributed by atoms with van der Waals surface area (Å²) in [5.74, 6) is 0. The molecule has 2 aliphatic heterocycles. The Morgan fingerprint density at radius 1 is 1.06 bits per heavy atom. The number of alkyl halides is 1. The first-order valence-electron chi connectivity index (χ1n) is 6.91. The Balaban J connectivity index is 1.65. The molecule has 2 rings (SSSR count). The van der Waals surface area contributed by atoms with Crippen LogP contribution in [0.2, 0.25) is 0 Å². The molecule has 0 bridgehead atoms. The third-order valence-electron chi connectivity index (χ3n) is 3.67. The van der Waals surface area contributed by atoms with Crippen molar-refractivity contribution >= 4 is 0 Å². The van der Waals surface area contributed by atoms with Crippen LogP contribution in [-0.2, 0) is 9.47 Å². The molecule has 2 saturated heterocycles. The van der Waals surface area contributed by atoms with E-state index in [2.05, 4.69) is 4.90 Å². The molecule has 2 unspecified atom stereocenters. The lowest BCUT2D eigenvalue weighted by molar-refractivity contribution is -0.0943. The standard InChI is InChI=1S/C13H24FNO2/c14-6-2-1-3-7-15-8-10-17-13(11-15)12-5-4-9-16-12/h12-13H,1-11H2. The van der Waals surface area contributed by atoms with E-state index in [1.54, 1.807) is 0 Å². The molecule has 0 N–H and O–H groups in total. The molecule has 17 heavy (non-hydrogen) atoms. The highest BCUT2D eigenvalue weighted by molar-refractivity contribution is 4.81. The predicted molar refractivity (Wildman–Crippen MR) is 65.0 cm³/mol. The van der Waals surface area contributed by atoms with E-state index < -0.39 is 0 Å². The predicted octanol–water partition coefficient (Wildman–Crippen LogP) is 2.01. The molecule has 0 amide bonds. The number of morpholine rings is 1. The lowest BCUT2D eigenvalue weighted by Crippen LogP contribution is -2.47. The molecule has 2 aliphatic rings. The van der Waals surface area contributed by atoms with Crippen LogP contribution in [0.4, 0.5) is 4.39 Å². The highest BCUT2D eigenvalue weighted by Gasteiger charge is 2.30. The zero-order valence-corrected chi connectivity index (χ0v) is 10.6. The largest absolute Gasteiger partial charge is 0.375 e. The van der Waals surface area contributed by atoms with Gasteiger partial charge >= 0.3 is 0 Å². The fraction of sp³-hybridized carbons (Fsp3) is 1.00. The van der Waals surface area contributed by atoms with Gasteiger partial charge in [0, 0.05) is 19.7 Å². The Morgan fingerprint density at radius 3 is 2.71 bits per heavy atom. The van der Waals surface area contributed by atoms with Gasteiger partial charge in [-0.15, -0.1) is 0 Å². The van der Waals surface area contributed by atoms with Crippen molar-refractivity contribution in [3.05, 3.63) is 0 Å². The van der Waals surface area contributed by atoms with Gasteiger partial charge in [-0.05, 0) is 38.6 Å². The zero-order valence-electron chi connectivity index (χ0n) is 10.6. The quantitative estimate of drug-likeness (QED) is 0.668. The van der Waals surface area contributed by atoms with Crippen molar-refractivity contribution in [2.24, 2.45) is 0 Å². The molecule has 2 heterocycles. The van der Waals surface area contributed by atoms with Crippen LogP contribution in [-0.4, -0.2) is 56.6 Å². The van der Waals surface area contributed by atoms with E-state index >= 15 is 0 Å². The van der Waals surface area contributed by atoms with Gasteiger partial charge in [0.15, 0.2) is 0 Å². The Bertz CT molecular complexity index is 210. The summed E-state index contributed by atoms with van der Waals surface area (Å²) < 4.78 is 23.5. The number of rotatable bonds is 6. The van der Waals surface area contributed by atoms with Gasteiger partial charge in [-0.25, -0.2) is 0 Å². The van der Waals surface area contributed by atoms with Crippen LogP contribution in [0.25, 0.3) is 0 Å². The van der Waals surface area contributed by atoms with Gasteiger partial charge in [0.2, 0.25) is 0 Å². The third kappa shape index (κ3) is 4.19. The second-order valence-corrected chi connectivity index (χ2v) is 5.01. The van der Waals surface area contributed by atoms with Crippen molar-refractivity contribution < 1.29 is 13.9 Å². The van der Waals surface area contributed by atoms with Crippen LogP contribution >= 0.6 is 0 Å². The normalized spacial score (nSPS) is 30.9. The maximum absolute atomic E-state index is 12.0. The second-order valence-electron chi connectivity index (χ2n) is 5.01. The van der Waals surface area contributed by atoms with Gasteiger partial charge in [-0.3, -0.25) is 9.29 Å². The van der Waals surface area contributed by atoms with Crippen LogP contribution in [0.15, 0.2) is 0 Å². The van der Waals surface area contributed by atoms with Crippen molar-refractivity contribution in [1.82, 2.24) is 4.90 Å². The van der Waals surface area contributed by atoms with Crippen LogP contribution in [0, 0.1) is 0 Å². The van der Waals surface area contributed by atoms with Gasteiger partial charge in [-0.1, -0.05) is 0 Å². The van der Waals surface area contributed by atoms with Crippen LogP contribution in [0.5, 0.6) is 0 Å².